The molecular weight excluding hydrogens is 212 g/mol. The van der Waals surface area contributed by atoms with Crippen LogP contribution in [0.1, 0.15) is 46.5 Å². The SMILES string of the molecule is CCOC(=O)C1CCC=C2C(C)C(C)CCC21. The minimum atomic E-state index is 0.0323. The molecule has 2 aliphatic rings. The maximum atomic E-state index is 12.0. The summed E-state index contributed by atoms with van der Waals surface area (Å²) in [6.45, 7) is 7.04. The molecule has 2 aliphatic carbocycles. The summed E-state index contributed by atoms with van der Waals surface area (Å²) in [5, 5.41) is 0. The van der Waals surface area contributed by atoms with Gasteiger partial charge in [0, 0.05) is 0 Å². The molecule has 0 saturated heterocycles. The molecule has 1 fully saturated rings. The molecule has 2 nitrogen and oxygen atoms in total. The molecule has 0 aromatic rings. The van der Waals surface area contributed by atoms with Crippen molar-refractivity contribution in [2.45, 2.75) is 46.5 Å². The summed E-state index contributed by atoms with van der Waals surface area (Å²) in [7, 11) is 0. The Morgan fingerprint density at radius 2 is 2.12 bits per heavy atom. The van der Waals surface area contributed by atoms with Crippen LogP contribution in [0.4, 0.5) is 0 Å². The lowest BCUT2D eigenvalue weighted by Crippen LogP contribution is -2.35. The second kappa shape index (κ2) is 5.24. The van der Waals surface area contributed by atoms with Crippen molar-refractivity contribution in [2.24, 2.45) is 23.7 Å². The van der Waals surface area contributed by atoms with E-state index >= 15 is 0 Å². The van der Waals surface area contributed by atoms with Gasteiger partial charge in [-0.1, -0.05) is 25.5 Å². The van der Waals surface area contributed by atoms with Gasteiger partial charge in [-0.05, 0) is 50.4 Å². The first-order valence-corrected chi connectivity index (χ1v) is 7.01. The highest BCUT2D eigenvalue weighted by molar-refractivity contribution is 5.73. The van der Waals surface area contributed by atoms with Gasteiger partial charge < -0.3 is 4.74 Å². The largest absolute Gasteiger partial charge is 0.466 e. The Morgan fingerprint density at radius 1 is 1.35 bits per heavy atom. The van der Waals surface area contributed by atoms with Crippen LogP contribution in [-0.2, 0) is 9.53 Å². The molecular formula is C15H24O2. The van der Waals surface area contributed by atoms with Crippen LogP contribution in [-0.4, -0.2) is 12.6 Å². The fourth-order valence-corrected chi connectivity index (χ4v) is 3.46. The molecule has 0 radical (unpaired) electrons. The molecule has 0 aromatic carbocycles. The predicted octanol–water partition coefficient (Wildman–Crippen LogP) is 3.57. The molecule has 4 unspecified atom stereocenters. The molecule has 96 valence electrons. The second-order valence-electron chi connectivity index (χ2n) is 5.59. The minimum absolute atomic E-state index is 0.0323. The number of allylic oxidation sites excluding steroid dienone is 2. The summed E-state index contributed by atoms with van der Waals surface area (Å²) in [4.78, 5) is 12.0. The van der Waals surface area contributed by atoms with Crippen LogP contribution < -0.4 is 0 Å². The van der Waals surface area contributed by atoms with Gasteiger partial charge in [0.15, 0.2) is 0 Å². The third-order valence-electron chi connectivity index (χ3n) is 4.67. The standard InChI is InChI=1S/C15H24O2/c1-4-17-15(16)14-7-5-6-12-11(3)10(2)8-9-13(12)14/h6,10-11,13-14H,4-5,7-9H2,1-3H3. The van der Waals surface area contributed by atoms with E-state index < -0.39 is 0 Å². The zero-order valence-corrected chi connectivity index (χ0v) is 11.2. The van der Waals surface area contributed by atoms with Gasteiger partial charge in [-0.25, -0.2) is 0 Å². The van der Waals surface area contributed by atoms with Gasteiger partial charge in [-0.2, -0.15) is 0 Å². The van der Waals surface area contributed by atoms with Crippen molar-refractivity contribution in [2.75, 3.05) is 6.61 Å². The third-order valence-corrected chi connectivity index (χ3v) is 4.67. The van der Waals surface area contributed by atoms with Gasteiger partial charge in [0.05, 0.1) is 12.5 Å². The molecule has 0 aromatic heterocycles. The average Bonchev–Trinajstić information content (AvgIpc) is 2.33. The van der Waals surface area contributed by atoms with E-state index in [1.54, 1.807) is 0 Å². The number of rotatable bonds is 2. The zero-order valence-electron chi connectivity index (χ0n) is 11.2. The Hall–Kier alpha value is -0.790. The van der Waals surface area contributed by atoms with Gasteiger partial charge in [-0.3, -0.25) is 4.79 Å². The van der Waals surface area contributed by atoms with Crippen molar-refractivity contribution in [3.63, 3.8) is 0 Å². The molecule has 0 spiro atoms. The van der Waals surface area contributed by atoms with Gasteiger partial charge in [-0.15, -0.1) is 0 Å². The number of carbonyl (C=O) groups is 1. The summed E-state index contributed by atoms with van der Waals surface area (Å²) >= 11 is 0. The van der Waals surface area contributed by atoms with Crippen LogP contribution in [0.5, 0.6) is 0 Å². The first-order valence-electron chi connectivity index (χ1n) is 7.01. The van der Waals surface area contributed by atoms with Crippen LogP contribution in [0.2, 0.25) is 0 Å². The van der Waals surface area contributed by atoms with Crippen LogP contribution in [0, 0.1) is 23.7 Å². The molecule has 0 heterocycles. The predicted molar refractivity (Wildman–Crippen MR) is 68.5 cm³/mol. The molecule has 2 rings (SSSR count). The smallest absolute Gasteiger partial charge is 0.309 e. The first kappa shape index (κ1) is 12.7. The van der Waals surface area contributed by atoms with Crippen LogP contribution in [0.3, 0.4) is 0 Å². The van der Waals surface area contributed by atoms with Crippen molar-refractivity contribution in [3.8, 4) is 0 Å². The van der Waals surface area contributed by atoms with Crippen LogP contribution in [0.25, 0.3) is 0 Å². The zero-order chi connectivity index (χ0) is 12.4. The van der Waals surface area contributed by atoms with E-state index in [0.29, 0.717) is 18.4 Å². The van der Waals surface area contributed by atoms with E-state index in [2.05, 4.69) is 19.9 Å². The second-order valence-corrected chi connectivity index (χ2v) is 5.59. The summed E-state index contributed by atoms with van der Waals surface area (Å²) in [5.74, 6) is 2.04. The molecule has 2 heteroatoms. The average molecular weight is 236 g/mol. The van der Waals surface area contributed by atoms with Crippen LogP contribution in [0.15, 0.2) is 11.6 Å². The summed E-state index contributed by atoms with van der Waals surface area (Å²) in [6.07, 6.45) is 6.83. The van der Waals surface area contributed by atoms with Crippen molar-refractivity contribution >= 4 is 5.97 Å². The van der Waals surface area contributed by atoms with Crippen molar-refractivity contribution in [1.29, 1.82) is 0 Å². The Balaban J connectivity index is 2.14. The summed E-state index contributed by atoms with van der Waals surface area (Å²) < 4.78 is 5.23. The van der Waals surface area contributed by atoms with Crippen molar-refractivity contribution in [3.05, 3.63) is 11.6 Å². The number of hydrogen-bond donors (Lipinski definition) is 0. The molecule has 0 bridgehead atoms. The molecule has 17 heavy (non-hydrogen) atoms. The van der Waals surface area contributed by atoms with E-state index in [1.165, 1.54) is 18.4 Å². The van der Waals surface area contributed by atoms with E-state index in [-0.39, 0.29) is 11.9 Å². The van der Waals surface area contributed by atoms with E-state index in [4.69, 9.17) is 4.74 Å². The van der Waals surface area contributed by atoms with Gasteiger partial charge in [0.2, 0.25) is 0 Å². The highest BCUT2D eigenvalue weighted by Gasteiger charge is 2.39. The van der Waals surface area contributed by atoms with E-state index in [9.17, 15) is 4.79 Å². The normalized spacial score (nSPS) is 37.0. The number of carbonyl (C=O) groups excluding carboxylic acids is 1. The summed E-state index contributed by atoms with van der Waals surface area (Å²) in [5.41, 5.74) is 1.54. The Morgan fingerprint density at radius 3 is 2.82 bits per heavy atom. The van der Waals surface area contributed by atoms with Crippen LogP contribution >= 0.6 is 0 Å². The third kappa shape index (κ3) is 2.41. The van der Waals surface area contributed by atoms with Crippen molar-refractivity contribution in [1.82, 2.24) is 0 Å². The number of fused-ring (bicyclic) bond motifs is 1. The van der Waals surface area contributed by atoms with Gasteiger partial charge >= 0.3 is 5.97 Å². The fourth-order valence-electron chi connectivity index (χ4n) is 3.46. The lowest BCUT2D eigenvalue weighted by Gasteiger charge is -2.41. The quantitative estimate of drug-likeness (QED) is 0.541. The maximum Gasteiger partial charge on any atom is 0.309 e. The Kier molecular flexibility index (Phi) is 3.90. The van der Waals surface area contributed by atoms with Gasteiger partial charge in [0.25, 0.3) is 0 Å². The van der Waals surface area contributed by atoms with Gasteiger partial charge in [0.1, 0.15) is 0 Å². The Labute approximate surface area is 104 Å². The highest BCUT2D eigenvalue weighted by Crippen LogP contribution is 2.45. The highest BCUT2D eigenvalue weighted by atomic mass is 16.5. The van der Waals surface area contributed by atoms with E-state index in [1.807, 2.05) is 6.92 Å². The molecule has 4 atom stereocenters. The monoisotopic (exact) mass is 236 g/mol. The molecule has 0 N–H and O–H groups in total. The minimum Gasteiger partial charge on any atom is -0.466 e. The topological polar surface area (TPSA) is 26.3 Å². The summed E-state index contributed by atoms with van der Waals surface area (Å²) in [6, 6.07) is 0. The molecule has 0 amide bonds. The number of hydrogen-bond acceptors (Lipinski definition) is 2. The maximum absolute atomic E-state index is 12.0. The Bertz CT molecular complexity index is 319. The molecule has 1 saturated carbocycles. The lowest BCUT2D eigenvalue weighted by molar-refractivity contribution is -0.150. The molecule has 0 aliphatic heterocycles. The van der Waals surface area contributed by atoms with Crippen molar-refractivity contribution < 1.29 is 9.53 Å². The number of esters is 1. The fraction of sp³-hybridized carbons (Fsp3) is 0.800. The lowest BCUT2D eigenvalue weighted by atomic mass is 9.64. The van der Waals surface area contributed by atoms with E-state index in [0.717, 1.165) is 18.8 Å². The number of ether oxygens (including phenoxy) is 1. The first-order chi connectivity index (χ1) is 8.15.